The molecule has 2 aromatic rings. The molecule has 9 heteroatoms. The number of ether oxygens (including phenoxy) is 2. The summed E-state index contributed by atoms with van der Waals surface area (Å²) in [6.45, 7) is 2.08. The van der Waals surface area contributed by atoms with Gasteiger partial charge in [0.15, 0.2) is 11.5 Å². The molecule has 1 aliphatic heterocycles. The van der Waals surface area contributed by atoms with Crippen molar-refractivity contribution in [3.63, 3.8) is 0 Å². The highest BCUT2D eigenvalue weighted by atomic mass is 19.4. The molecular formula is C28H34F3N3O3. The summed E-state index contributed by atoms with van der Waals surface area (Å²) in [6, 6.07) is 10.6. The maximum Gasteiger partial charge on any atom is 0.416 e. The van der Waals surface area contributed by atoms with Gasteiger partial charge in [-0.2, -0.15) is 13.2 Å². The Morgan fingerprint density at radius 2 is 1.84 bits per heavy atom. The fourth-order valence-electron chi connectivity index (χ4n) is 6.23. The first-order valence-electron chi connectivity index (χ1n) is 12.9. The molecule has 0 aromatic heterocycles. The van der Waals surface area contributed by atoms with Crippen LogP contribution in [0.15, 0.2) is 42.5 Å². The molecule has 37 heavy (non-hydrogen) atoms. The minimum absolute atomic E-state index is 0.0376. The molecule has 1 saturated heterocycles. The molecule has 2 aromatic carbocycles. The van der Waals surface area contributed by atoms with Gasteiger partial charge in [-0.25, -0.2) is 4.79 Å². The first-order chi connectivity index (χ1) is 17.7. The Kier molecular flexibility index (Phi) is 7.00. The first kappa shape index (κ1) is 25.7. The third-order valence-corrected chi connectivity index (χ3v) is 8.30. The van der Waals surface area contributed by atoms with Crippen molar-refractivity contribution in [3.05, 3.63) is 53.6 Å². The van der Waals surface area contributed by atoms with Crippen molar-refractivity contribution in [2.45, 2.75) is 62.2 Å². The van der Waals surface area contributed by atoms with E-state index in [1.807, 2.05) is 6.07 Å². The second-order valence-corrected chi connectivity index (χ2v) is 10.6. The van der Waals surface area contributed by atoms with Crippen molar-refractivity contribution in [3.8, 4) is 11.5 Å². The fourth-order valence-corrected chi connectivity index (χ4v) is 6.23. The van der Waals surface area contributed by atoms with Crippen molar-refractivity contribution >= 4 is 11.7 Å². The number of nitrogens with one attached hydrogen (secondary N) is 2. The van der Waals surface area contributed by atoms with Crippen molar-refractivity contribution in [1.29, 1.82) is 0 Å². The van der Waals surface area contributed by atoms with E-state index in [0.29, 0.717) is 5.75 Å². The Morgan fingerprint density at radius 1 is 1.05 bits per heavy atom. The van der Waals surface area contributed by atoms with Crippen LogP contribution in [0.25, 0.3) is 0 Å². The maximum atomic E-state index is 13.1. The van der Waals surface area contributed by atoms with Gasteiger partial charge < -0.3 is 20.1 Å². The second-order valence-electron chi connectivity index (χ2n) is 10.6. The zero-order valence-corrected chi connectivity index (χ0v) is 21.2. The number of rotatable bonds is 7. The van der Waals surface area contributed by atoms with Crippen LogP contribution in [0.4, 0.5) is 23.7 Å². The van der Waals surface area contributed by atoms with Crippen molar-refractivity contribution in [2.75, 3.05) is 32.6 Å². The topological polar surface area (TPSA) is 62.8 Å². The summed E-state index contributed by atoms with van der Waals surface area (Å²) in [6.07, 6.45) is 1.61. The Hall–Kier alpha value is -2.94. The molecule has 3 atom stereocenters. The predicted molar refractivity (Wildman–Crippen MR) is 135 cm³/mol. The molecular weight excluding hydrogens is 483 g/mol. The van der Waals surface area contributed by atoms with Crippen LogP contribution in [-0.2, 0) is 11.6 Å². The lowest BCUT2D eigenvalue weighted by atomic mass is 9.65. The van der Waals surface area contributed by atoms with Crippen LogP contribution in [0.1, 0.15) is 49.7 Å². The smallest absolute Gasteiger partial charge is 0.416 e. The van der Waals surface area contributed by atoms with E-state index in [4.69, 9.17) is 9.47 Å². The number of nitrogens with zero attached hydrogens (tertiary/aromatic N) is 1. The SMILES string of the molecule is COc1ccc([C@@]23CC[C@H](NC(=O)Nc4cccc(C(F)(F)F)c4)C[C@H]2N(CC2CC2)CC3)cc1OC. The molecule has 3 fully saturated rings. The molecule has 1 heterocycles. The number of halogens is 3. The van der Waals surface area contributed by atoms with Gasteiger partial charge in [0.2, 0.25) is 0 Å². The number of hydrogen-bond donors (Lipinski definition) is 2. The van der Waals surface area contributed by atoms with Crippen LogP contribution >= 0.6 is 0 Å². The number of fused-ring (bicyclic) bond motifs is 1. The number of benzene rings is 2. The van der Waals surface area contributed by atoms with E-state index in [1.54, 1.807) is 14.2 Å². The number of hydrogen-bond acceptors (Lipinski definition) is 4. The zero-order valence-electron chi connectivity index (χ0n) is 21.2. The number of anilines is 1. The van der Waals surface area contributed by atoms with Gasteiger partial charge in [0.1, 0.15) is 0 Å². The zero-order chi connectivity index (χ0) is 26.2. The van der Waals surface area contributed by atoms with Gasteiger partial charge in [-0.15, -0.1) is 0 Å². The normalized spacial score (nSPS) is 25.9. The van der Waals surface area contributed by atoms with Crippen molar-refractivity contribution in [1.82, 2.24) is 10.2 Å². The highest BCUT2D eigenvalue weighted by Crippen LogP contribution is 2.51. The number of amides is 2. The lowest BCUT2D eigenvalue weighted by Crippen LogP contribution is -2.53. The van der Waals surface area contributed by atoms with Crippen molar-refractivity contribution in [2.24, 2.45) is 5.92 Å². The average Bonchev–Trinajstić information content (AvgIpc) is 3.63. The van der Waals surface area contributed by atoms with E-state index in [-0.39, 0.29) is 23.2 Å². The number of carbonyl (C=O) groups excluding carboxylic acids is 1. The van der Waals surface area contributed by atoms with Gasteiger partial charge in [0, 0.05) is 29.7 Å². The molecule has 5 rings (SSSR count). The fraction of sp³-hybridized carbons (Fsp3) is 0.536. The van der Waals surface area contributed by atoms with Crippen LogP contribution in [0.5, 0.6) is 11.5 Å². The van der Waals surface area contributed by atoms with E-state index >= 15 is 0 Å². The summed E-state index contributed by atoms with van der Waals surface area (Å²) in [5.74, 6) is 2.17. The molecule has 0 radical (unpaired) electrons. The molecule has 0 spiro atoms. The number of carbonyl (C=O) groups is 1. The lowest BCUT2D eigenvalue weighted by molar-refractivity contribution is -0.137. The summed E-state index contributed by atoms with van der Waals surface area (Å²) in [5.41, 5.74) is 0.535. The van der Waals surface area contributed by atoms with Gasteiger partial charge >= 0.3 is 12.2 Å². The Morgan fingerprint density at radius 3 is 2.54 bits per heavy atom. The molecule has 2 amide bonds. The predicted octanol–water partition coefficient (Wildman–Crippen LogP) is 5.82. The second kappa shape index (κ2) is 10.1. The number of urea groups is 1. The maximum absolute atomic E-state index is 13.1. The molecule has 2 N–H and O–H groups in total. The van der Waals surface area contributed by atoms with Gasteiger partial charge in [-0.05, 0) is 86.9 Å². The van der Waals surface area contributed by atoms with Gasteiger partial charge in [0.05, 0.1) is 19.8 Å². The summed E-state index contributed by atoms with van der Waals surface area (Å²) in [4.78, 5) is 15.3. The van der Waals surface area contributed by atoms with E-state index in [0.717, 1.165) is 62.6 Å². The molecule has 6 nitrogen and oxygen atoms in total. The Bertz CT molecular complexity index is 1140. The minimum atomic E-state index is -4.46. The minimum Gasteiger partial charge on any atom is -0.493 e. The Balaban J connectivity index is 1.32. The van der Waals surface area contributed by atoms with Crippen LogP contribution < -0.4 is 20.1 Å². The summed E-state index contributed by atoms with van der Waals surface area (Å²) >= 11 is 0. The highest BCUT2D eigenvalue weighted by Gasteiger charge is 2.52. The first-order valence-corrected chi connectivity index (χ1v) is 12.9. The standard InChI is InChI=1S/C28H34F3N3O3/c1-36-23-9-8-19(15-24(23)37-2)27-11-10-22(16-25(27)34(13-12-27)17-18-6-7-18)33-26(35)32-21-5-3-4-20(14-21)28(29,30)31/h3-5,8-9,14-15,18,22,25H,6-7,10-13,16-17H2,1-2H3,(H2,32,33,35)/t22-,25+,27-/m0/s1. The molecule has 200 valence electrons. The molecule has 3 aliphatic rings. The molecule has 0 bridgehead atoms. The van der Waals surface area contributed by atoms with Gasteiger partial charge in [-0.1, -0.05) is 12.1 Å². The molecule has 2 saturated carbocycles. The summed E-state index contributed by atoms with van der Waals surface area (Å²) in [5, 5.41) is 5.62. The quantitative estimate of drug-likeness (QED) is 0.486. The molecule has 2 aliphatic carbocycles. The van der Waals surface area contributed by atoms with E-state index in [1.165, 1.54) is 30.5 Å². The number of alkyl halides is 3. The van der Waals surface area contributed by atoms with E-state index in [2.05, 4.69) is 27.7 Å². The Labute approximate surface area is 215 Å². The summed E-state index contributed by atoms with van der Waals surface area (Å²) < 4.78 is 50.2. The van der Waals surface area contributed by atoms with Crippen molar-refractivity contribution < 1.29 is 27.4 Å². The lowest BCUT2D eigenvalue weighted by Gasteiger charge is -2.45. The van der Waals surface area contributed by atoms with Crippen LogP contribution in [0, 0.1) is 5.92 Å². The average molecular weight is 518 g/mol. The highest BCUT2D eigenvalue weighted by molar-refractivity contribution is 5.89. The van der Waals surface area contributed by atoms with Crippen LogP contribution in [0.3, 0.4) is 0 Å². The van der Waals surface area contributed by atoms with E-state index in [9.17, 15) is 18.0 Å². The van der Waals surface area contributed by atoms with Gasteiger partial charge in [0.25, 0.3) is 0 Å². The largest absolute Gasteiger partial charge is 0.493 e. The van der Waals surface area contributed by atoms with Crippen LogP contribution in [-0.4, -0.2) is 50.3 Å². The third-order valence-electron chi connectivity index (χ3n) is 8.30. The number of likely N-dealkylation sites (tertiary alicyclic amines) is 1. The molecule has 0 unspecified atom stereocenters. The van der Waals surface area contributed by atoms with Crippen LogP contribution in [0.2, 0.25) is 0 Å². The van der Waals surface area contributed by atoms with E-state index < -0.39 is 17.8 Å². The monoisotopic (exact) mass is 517 g/mol. The third kappa shape index (κ3) is 5.37. The van der Waals surface area contributed by atoms with Gasteiger partial charge in [-0.3, -0.25) is 4.90 Å². The summed E-state index contributed by atoms with van der Waals surface area (Å²) in [7, 11) is 3.28. The number of methoxy groups -OCH3 is 2.